The molecule has 0 aromatic heterocycles. The molecule has 0 fully saturated rings. The topological polar surface area (TPSA) is 67.9 Å². The Balaban J connectivity index is 1.90. The van der Waals surface area contributed by atoms with E-state index in [2.05, 4.69) is 5.32 Å². The van der Waals surface area contributed by atoms with E-state index in [9.17, 15) is 9.59 Å². The molecule has 0 aliphatic rings. The summed E-state index contributed by atoms with van der Waals surface area (Å²) in [6.45, 7) is 4.57. The fourth-order valence-corrected chi connectivity index (χ4v) is 3.88. The minimum atomic E-state index is -0.726. The molecule has 0 bridgehead atoms. The molecule has 0 radical (unpaired) electrons. The molecule has 0 heterocycles. The molecule has 7 heteroatoms. The van der Waals surface area contributed by atoms with Gasteiger partial charge in [-0.25, -0.2) is 0 Å². The number of carbonyl (C=O) groups is 2. The van der Waals surface area contributed by atoms with Crippen molar-refractivity contribution >= 4 is 23.4 Å². The molecule has 3 aromatic carbocycles. The standard InChI is InChI=1S/C29H33ClN2O4/c1-21(2)18-31-29(34)26(17-22-9-5-4-6-10-22)32(19-23-13-15-24(35-3)16-14-23)28(33)20-36-27-12-8-7-11-25(27)30/h4-16,21,26H,17-20H2,1-3H3,(H,31,34). The highest BCUT2D eigenvalue weighted by Gasteiger charge is 2.30. The van der Waals surface area contributed by atoms with Gasteiger partial charge in [0.15, 0.2) is 6.61 Å². The van der Waals surface area contributed by atoms with E-state index in [0.717, 1.165) is 11.1 Å². The average Bonchev–Trinajstić information content (AvgIpc) is 2.89. The maximum absolute atomic E-state index is 13.6. The van der Waals surface area contributed by atoms with Crippen LogP contribution < -0.4 is 14.8 Å². The number of halogens is 1. The second kappa shape index (κ2) is 13.5. The van der Waals surface area contributed by atoms with Crippen molar-refractivity contribution in [1.82, 2.24) is 10.2 Å². The first-order valence-electron chi connectivity index (χ1n) is 12.0. The van der Waals surface area contributed by atoms with E-state index in [1.807, 2.05) is 68.4 Å². The van der Waals surface area contributed by atoms with Gasteiger partial charge in [0.1, 0.15) is 17.5 Å². The second-order valence-corrected chi connectivity index (χ2v) is 9.34. The minimum Gasteiger partial charge on any atom is -0.497 e. The Morgan fingerprint density at radius 2 is 1.58 bits per heavy atom. The number of benzene rings is 3. The quantitative estimate of drug-likeness (QED) is 0.368. The Bertz CT molecular complexity index is 1120. The molecule has 1 unspecified atom stereocenters. The molecule has 0 aliphatic carbocycles. The molecule has 190 valence electrons. The summed E-state index contributed by atoms with van der Waals surface area (Å²) in [4.78, 5) is 28.6. The first-order valence-corrected chi connectivity index (χ1v) is 12.4. The van der Waals surface area contributed by atoms with E-state index in [4.69, 9.17) is 21.1 Å². The number of carbonyl (C=O) groups excluding carboxylic acids is 2. The number of rotatable bonds is 12. The fraction of sp³-hybridized carbons (Fsp3) is 0.310. The Morgan fingerprint density at radius 1 is 0.917 bits per heavy atom. The molecule has 3 aromatic rings. The SMILES string of the molecule is COc1ccc(CN(C(=O)COc2ccccc2Cl)C(Cc2ccccc2)C(=O)NCC(C)C)cc1. The summed E-state index contributed by atoms with van der Waals surface area (Å²) in [5.74, 6) is 0.897. The lowest BCUT2D eigenvalue weighted by atomic mass is 10.0. The van der Waals surface area contributed by atoms with Gasteiger partial charge in [0.2, 0.25) is 5.91 Å². The largest absolute Gasteiger partial charge is 0.497 e. The van der Waals surface area contributed by atoms with Gasteiger partial charge < -0.3 is 19.7 Å². The van der Waals surface area contributed by atoms with Crippen LogP contribution in [0.2, 0.25) is 5.02 Å². The zero-order chi connectivity index (χ0) is 25.9. The molecular formula is C29H33ClN2O4. The second-order valence-electron chi connectivity index (χ2n) is 8.93. The van der Waals surface area contributed by atoms with E-state index in [-0.39, 0.29) is 30.9 Å². The summed E-state index contributed by atoms with van der Waals surface area (Å²) in [7, 11) is 1.60. The number of hydrogen-bond acceptors (Lipinski definition) is 4. The van der Waals surface area contributed by atoms with Gasteiger partial charge in [0.05, 0.1) is 12.1 Å². The highest BCUT2D eigenvalue weighted by atomic mass is 35.5. The first kappa shape index (κ1) is 27.1. The van der Waals surface area contributed by atoms with Gasteiger partial charge in [0, 0.05) is 19.5 Å². The zero-order valence-electron chi connectivity index (χ0n) is 20.9. The van der Waals surface area contributed by atoms with Crippen LogP contribution in [-0.2, 0) is 22.6 Å². The maximum atomic E-state index is 13.6. The van der Waals surface area contributed by atoms with E-state index in [1.54, 1.807) is 36.3 Å². The van der Waals surface area contributed by atoms with Gasteiger partial charge in [-0.05, 0) is 41.3 Å². The number of para-hydroxylation sites is 1. The van der Waals surface area contributed by atoms with Crippen molar-refractivity contribution in [3.8, 4) is 11.5 Å². The van der Waals surface area contributed by atoms with E-state index >= 15 is 0 Å². The summed E-state index contributed by atoms with van der Waals surface area (Å²) in [6.07, 6.45) is 0.374. The van der Waals surface area contributed by atoms with Crippen LogP contribution in [0, 0.1) is 5.92 Å². The highest BCUT2D eigenvalue weighted by molar-refractivity contribution is 6.32. The van der Waals surface area contributed by atoms with Crippen molar-refractivity contribution in [2.45, 2.75) is 32.9 Å². The molecule has 3 rings (SSSR count). The molecule has 2 amide bonds. The van der Waals surface area contributed by atoms with E-state index in [1.165, 1.54) is 0 Å². The Labute approximate surface area is 218 Å². The van der Waals surface area contributed by atoms with Crippen LogP contribution >= 0.6 is 11.6 Å². The van der Waals surface area contributed by atoms with Crippen LogP contribution in [0.3, 0.4) is 0 Å². The molecule has 0 saturated heterocycles. The summed E-state index contributed by atoms with van der Waals surface area (Å²) < 4.78 is 11.0. The van der Waals surface area contributed by atoms with Gasteiger partial charge in [-0.1, -0.05) is 80.0 Å². The summed E-state index contributed by atoms with van der Waals surface area (Å²) in [6, 6.07) is 23.4. The Hall–Kier alpha value is -3.51. The summed E-state index contributed by atoms with van der Waals surface area (Å²) in [5.41, 5.74) is 1.83. The number of hydrogen-bond donors (Lipinski definition) is 1. The van der Waals surface area contributed by atoms with Crippen molar-refractivity contribution < 1.29 is 19.1 Å². The van der Waals surface area contributed by atoms with Crippen molar-refractivity contribution in [1.29, 1.82) is 0 Å². The molecular weight excluding hydrogens is 476 g/mol. The van der Waals surface area contributed by atoms with Crippen molar-refractivity contribution in [2.75, 3.05) is 20.3 Å². The highest BCUT2D eigenvalue weighted by Crippen LogP contribution is 2.24. The number of nitrogens with zero attached hydrogens (tertiary/aromatic N) is 1. The Morgan fingerprint density at radius 3 is 2.22 bits per heavy atom. The maximum Gasteiger partial charge on any atom is 0.261 e. The smallest absolute Gasteiger partial charge is 0.261 e. The zero-order valence-corrected chi connectivity index (χ0v) is 21.7. The number of ether oxygens (including phenoxy) is 2. The predicted molar refractivity (Wildman–Crippen MR) is 142 cm³/mol. The third-order valence-electron chi connectivity index (χ3n) is 5.66. The first-order chi connectivity index (χ1) is 17.4. The number of methoxy groups -OCH3 is 1. The molecule has 0 aliphatic heterocycles. The predicted octanol–water partition coefficient (Wildman–Crippen LogP) is 5.14. The minimum absolute atomic E-state index is 0.202. The van der Waals surface area contributed by atoms with Crippen molar-refractivity contribution in [3.63, 3.8) is 0 Å². The number of nitrogens with one attached hydrogen (secondary N) is 1. The van der Waals surface area contributed by atoms with Crippen LogP contribution in [-0.4, -0.2) is 43.0 Å². The monoisotopic (exact) mass is 508 g/mol. The van der Waals surface area contributed by atoms with Gasteiger partial charge in [0.25, 0.3) is 5.91 Å². The molecule has 0 spiro atoms. The lowest BCUT2D eigenvalue weighted by Crippen LogP contribution is -2.52. The van der Waals surface area contributed by atoms with Crippen molar-refractivity contribution in [2.24, 2.45) is 5.92 Å². The molecule has 1 atom stereocenters. The van der Waals surface area contributed by atoms with Gasteiger partial charge in [-0.3, -0.25) is 9.59 Å². The normalized spacial score (nSPS) is 11.6. The lowest BCUT2D eigenvalue weighted by molar-refractivity contribution is -0.142. The van der Waals surface area contributed by atoms with E-state index < -0.39 is 6.04 Å². The fourth-order valence-electron chi connectivity index (χ4n) is 3.69. The average molecular weight is 509 g/mol. The molecule has 1 N–H and O–H groups in total. The van der Waals surface area contributed by atoms with Crippen LogP contribution in [0.4, 0.5) is 0 Å². The van der Waals surface area contributed by atoms with Gasteiger partial charge in [-0.2, -0.15) is 0 Å². The third kappa shape index (κ3) is 8.02. The summed E-state index contributed by atoms with van der Waals surface area (Å²) in [5, 5.41) is 3.43. The summed E-state index contributed by atoms with van der Waals surface area (Å²) >= 11 is 6.21. The van der Waals surface area contributed by atoms with Gasteiger partial charge >= 0.3 is 0 Å². The molecule has 6 nitrogen and oxygen atoms in total. The van der Waals surface area contributed by atoms with Crippen LogP contribution in [0.15, 0.2) is 78.9 Å². The van der Waals surface area contributed by atoms with Crippen molar-refractivity contribution in [3.05, 3.63) is 95.0 Å². The molecule has 36 heavy (non-hydrogen) atoms. The number of amides is 2. The Kier molecular flexibility index (Phi) is 10.2. The van der Waals surface area contributed by atoms with Gasteiger partial charge in [-0.15, -0.1) is 0 Å². The van der Waals surface area contributed by atoms with Crippen LogP contribution in [0.5, 0.6) is 11.5 Å². The molecule has 0 saturated carbocycles. The third-order valence-corrected chi connectivity index (χ3v) is 5.97. The van der Waals surface area contributed by atoms with Crippen LogP contribution in [0.25, 0.3) is 0 Å². The van der Waals surface area contributed by atoms with Crippen LogP contribution in [0.1, 0.15) is 25.0 Å². The lowest BCUT2D eigenvalue weighted by Gasteiger charge is -2.31. The van der Waals surface area contributed by atoms with E-state index in [0.29, 0.717) is 29.5 Å².